The first-order valence-corrected chi connectivity index (χ1v) is 11.5. The highest BCUT2D eigenvalue weighted by molar-refractivity contribution is 7.89. The summed E-state index contributed by atoms with van der Waals surface area (Å²) in [7, 11) is -3.52. The van der Waals surface area contributed by atoms with Crippen LogP contribution < -0.4 is 0 Å². The lowest BCUT2D eigenvalue weighted by Crippen LogP contribution is -2.50. The summed E-state index contributed by atoms with van der Waals surface area (Å²) in [6.07, 6.45) is 0.321. The second-order valence-corrected chi connectivity index (χ2v) is 10.6. The Hall–Kier alpha value is -1.77. The Labute approximate surface area is 169 Å². The zero-order valence-corrected chi connectivity index (χ0v) is 17.9. The highest BCUT2D eigenvalue weighted by Gasteiger charge is 2.32. The van der Waals surface area contributed by atoms with Gasteiger partial charge >= 0.3 is 0 Å². The number of halogens is 1. The number of carbonyl (C=O) groups is 1. The molecular weight excluding hydrogens is 399 g/mol. The summed E-state index contributed by atoms with van der Waals surface area (Å²) in [6.45, 7) is 7.03. The fourth-order valence-corrected chi connectivity index (χ4v) is 6.43. The lowest BCUT2D eigenvalue weighted by Gasteiger charge is -2.34. The van der Waals surface area contributed by atoms with Crippen molar-refractivity contribution in [1.29, 1.82) is 0 Å². The van der Waals surface area contributed by atoms with E-state index in [1.807, 2.05) is 20.8 Å². The first-order chi connectivity index (χ1) is 13.2. The van der Waals surface area contributed by atoms with Gasteiger partial charge in [0.15, 0.2) is 0 Å². The van der Waals surface area contributed by atoms with E-state index >= 15 is 0 Å². The van der Waals surface area contributed by atoms with Crippen LogP contribution in [-0.4, -0.2) is 49.7 Å². The van der Waals surface area contributed by atoms with Crippen LogP contribution in [0.2, 0.25) is 0 Å². The molecule has 0 aliphatic carbocycles. The summed E-state index contributed by atoms with van der Waals surface area (Å²) in [6, 6.07) is 7.91. The maximum atomic E-state index is 13.1. The normalized spacial score (nSPS) is 16.9. The van der Waals surface area contributed by atoms with E-state index < -0.39 is 10.0 Å². The Bertz CT molecular complexity index is 946. The number of thiophene rings is 1. The second-order valence-electron chi connectivity index (χ2n) is 7.22. The first-order valence-electron chi connectivity index (χ1n) is 9.29. The summed E-state index contributed by atoms with van der Waals surface area (Å²) in [5.41, 5.74) is 0.916. The summed E-state index contributed by atoms with van der Waals surface area (Å²) in [5.74, 6) is -0.321. The molecule has 1 amide bonds. The van der Waals surface area contributed by atoms with Gasteiger partial charge in [0.1, 0.15) is 5.82 Å². The monoisotopic (exact) mass is 424 g/mol. The predicted octanol–water partition coefficient (Wildman–Crippen LogP) is 3.53. The van der Waals surface area contributed by atoms with Crippen LogP contribution in [0.1, 0.15) is 34.6 Å². The minimum atomic E-state index is -3.52. The van der Waals surface area contributed by atoms with E-state index in [0.29, 0.717) is 37.5 Å². The van der Waals surface area contributed by atoms with Crippen molar-refractivity contribution in [1.82, 2.24) is 9.21 Å². The number of nitrogens with zero attached hydrogens (tertiary/aromatic N) is 2. The minimum absolute atomic E-state index is 0.00330. The van der Waals surface area contributed by atoms with Crippen LogP contribution in [0.25, 0.3) is 0 Å². The fourth-order valence-electron chi connectivity index (χ4n) is 3.48. The zero-order chi connectivity index (χ0) is 20.5. The zero-order valence-electron chi connectivity index (χ0n) is 16.3. The van der Waals surface area contributed by atoms with E-state index in [1.165, 1.54) is 27.8 Å². The number of carbonyl (C=O) groups excluding carboxylic acids is 1. The van der Waals surface area contributed by atoms with E-state index in [1.54, 1.807) is 23.1 Å². The van der Waals surface area contributed by atoms with Crippen molar-refractivity contribution in [2.24, 2.45) is 0 Å². The van der Waals surface area contributed by atoms with Crippen molar-refractivity contribution in [3.05, 3.63) is 51.5 Å². The molecule has 1 aliphatic heterocycles. The van der Waals surface area contributed by atoms with Crippen molar-refractivity contribution in [2.75, 3.05) is 26.2 Å². The summed E-state index contributed by atoms with van der Waals surface area (Å²) >= 11 is 1.48. The minimum Gasteiger partial charge on any atom is -0.340 e. The number of aryl methyl sites for hydroxylation is 2. The van der Waals surface area contributed by atoms with E-state index in [2.05, 4.69) is 0 Å². The Morgan fingerprint density at radius 2 is 1.75 bits per heavy atom. The number of hydrogen-bond acceptors (Lipinski definition) is 4. The number of sulfonamides is 1. The third-order valence-corrected chi connectivity index (χ3v) is 8.24. The Kier molecular flexibility index (Phi) is 6.21. The maximum Gasteiger partial charge on any atom is 0.244 e. The van der Waals surface area contributed by atoms with E-state index in [4.69, 9.17) is 0 Å². The van der Waals surface area contributed by atoms with Crippen LogP contribution >= 0.6 is 11.3 Å². The molecule has 0 radical (unpaired) electrons. The molecule has 0 N–H and O–H groups in total. The molecule has 1 atom stereocenters. The van der Waals surface area contributed by atoms with Crippen LogP contribution in [0, 0.1) is 19.7 Å². The van der Waals surface area contributed by atoms with Crippen LogP contribution in [0.4, 0.5) is 4.39 Å². The molecule has 5 nitrogen and oxygen atoms in total. The van der Waals surface area contributed by atoms with Crippen molar-refractivity contribution in [2.45, 2.75) is 38.0 Å². The van der Waals surface area contributed by atoms with Gasteiger partial charge in [-0.05, 0) is 43.5 Å². The molecule has 1 saturated heterocycles. The van der Waals surface area contributed by atoms with Gasteiger partial charge in [0, 0.05) is 42.4 Å². The molecule has 2 heterocycles. The Balaban J connectivity index is 1.59. The number of rotatable bonds is 5. The van der Waals surface area contributed by atoms with Gasteiger partial charge in [0.25, 0.3) is 0 Å². The molecule has 1 unspecified atom stereocenters. The molecule has 0 bridgehead atoms. The number of piperazine rings is 1. The molecule has 2 aromatic rings. The second kappa shape index (κ2) is 8.31. The molecular formula is C20H25FN2O3S2. The summed E-state index contributed by atoms with van der Waals surface area (Å²) in [4.78, 5) is 16.5. The average Bonchev–Trinajstić information content (AvgIpc) is 3.01. The molecule has 1 aromatic carbocycles. The van der Waals surface area contributed by atoms with Gasteiger partial charge in [-0.25, -0.2) is 12.8 Å². The lowest BCUT2D eigenvalue weighted by molar-refractivity contribution is -0.132. The third-order valence-electron chi connectivity index (χ3n) is 5.12. The Morgan fingerprint density at radius 1 is 1.14 bits per heavy atom. The molecule has 8 heteroatoms. The average molecular weight is 425 g/mol. The molecule has 1 fully saturated rings. The van der Waals surface area contributed by atoms with Crippen molar-refractivity contribution < 1.29 is 17.6 Å². The number of benzene rings is 1. The molecule has 1 aromatic heterocycles. The molecule has 0 spiro atoms. The van der Waals surface area contributed by atoms with Gasteiger partial charge in [-0.15, -0.1) is 11.3 Å². The number of hydrogen-bond donors (Lipinski definition) is 0. The van der Waals surface area contributed by atoms with E-state index in [-0.39, 0.29) is 17.6 Å². The third kappa shape index (κ3) is 4.45. The molecule has 152 valence electrons. The van der Waals surface area contributed by atoms with Gasteiger partial charge in [-0.2, -0.15) is 4.31 Å². The summed E-state index contributed by atoms with van der Waals surface area (Å²) in [5, 5.41) is 0. The van der Waals surface area contributed by atoms with Crippen LogP contribution in [-0.2, 0) is 14.8 Å². The largest absolute Gasteiger partial charge is 0.340 e. The van der Waals surface area contributed by atoms with Gasteiger partial charge in [0.05, 0.1) is 4.90 Å². The topological polar surface area (TPSA) is 57.7 Å². The first kappa shape index (κ1) is 21.0. The molecule has 1 aliphatic rings. The predicted molar refractivity (Wildman–Crippen MR) is 109 cm³/mol. The van der Waals surface area contributed by atoms with E-state index in [9.17, 15) is 17.6 Å². The van der Waals surface area contributed by atoms with Gasteiger partial charge in [-0.1, -0.05) is 19.1 Å². The quantitative estimate of drug-likeness (QED) is 0.738. The standard InChI is InChI=1S/C20H25FN2O3S2/c1-14(17-4-6-18(21)7-5-17)12-20(24)22-8-10-23(11-9-22)28(25,26)19-13-15(2)27-16(19)3/h4-7,13-14H,8-12H2,1-3H3. The Morgan fingerprint density at radius 3 is 2.29 bits per heavy atom. The number of amides is 1. The van der Waals surface area contributed by atoms with E-state index in [0.717, 1.165) is 15.3 Å². The van der Waals surface area contributed by atoms with Gasteiger partial charge in [0.2, 0.25) is 15.9 Å². The molecule has 0 saturated carbocycles. The highest BCUT2D eigenvalue weighted by Crippen LogP contribution is 2.28. The van der Waals surface area contributed by atoms with Crippen molar-refractivity contribution >= 4 is 27.3 Å². The van der Waals surface area contributed by atoms with Gasteiger partial charge in [-0.3, -0.25) is 4.79 Å². The van der Waals surface area contributed by atoms with Crippen LogP contribution in [0.5, 0.6) is 0 Å². The van der Waals surface area contributed by atoms with Gasteiger partial charge < -0.3 is 4.90 Å². The van der Waals surface area contributed by atoms with Crippen LogP contribution in [0.3, 0.4) is 0 Å². The summed E-state index contributed by atoms with van der Waals surface area (Å²) < 4.78 is 40.3. The maximum absolute atomic E-state index is 13.1. The van der Waals surface area contributed by atoms with Crippen molar-refractivity contribution in [3.63, 3.8) is 0 Å². The van der Waals surface area contributed by atoms with Crippen LogP contribution in [0.15, 0.2) is 35.2 Å². The highest BCUT2D eigenvalue weighted by atomic mass is 32.2. The molecule has 28 heavy (non-hydrogen) atoms. The SMILES string of the molecule is Cc1cc(S(=O)(=O)N2CCN(C(=O)CC(C)c3ccc(F)cc3)CC2)c(C)s1. The lowest BCUT2D eigenvalue weighted by atomic mass is 9.97. The van der Waals surface area contributed by atoms with Crippen molar-refractivity contribution in [3.8, 4) is 0 Å². The fraction of sp³-hybridized carbons (Fsp3) is 0.450. The smallest absolute Gasteiger partial charge is 0.244 e. The molecule has 3 rings (SSSR count).